The van der Waals surface area contributed by atoms with E-state index in [4.69, 9.17) is 0 Å². The summed E-state index contributed by atoms with van der Waals surface area (Å²) in [6, 6.07) is 0. The molecule has 1 amide bonds. The van der Waals surface area contributed by atoms with Crippen molar-refractivity contribution in [2.45, 2.75) is 60.5 Å². The van der Waals surface area contributed by atoms with E-state index in [-0.39, 0.29) is 0 Å². The minimum atomic E-state index is -8.66. The van der Waals surface area contributed by atoms with E-state index in [1.54, 1.807) is 0 Å². The lowest BCUT2D eigenvalue weighted by molar-refractivity contribution is -0.461. The molecule has 0 unspecified atom stereocenters. The molecule has 0 aliphatic rings. The van der Waals surface area contributed by atoms with Crippen LogP contribution < -0.4 is 5.73 Å². The molecule has 0 spiro atoms. The molecule has 0 fully saturated rings. The zero-order chi connectivity index (χ0) is 25.0. The third-order valence-corrected chi connectivity index (χ3v) is 3.47. The van der Waals surface area contributed by atoms with Crippen LogP contribution in [0.3, 0.4) is 0 Å². The first kappa shape index (κ1) is 28.3. The zero-order valence-corrected chi connectivity index (χ0v) is 13.3. The van der Waals surface area contributed by atoms with E-state index in [2.05, 4.69) is 5.73 Å². The molecule has 180 valence electrons. The molecule has 0 heterocycles. The first-order valence-corrected chi connectivity index (χ1v) is 6.66. The van der Waals surface area contributed by atoms with Crippen molar-refractivity contribution in [2.24, 2.45) is 5.73 Å². The third kappa shape index (κ3) is 3.71. The Morgan fingerprint density at radius 3 is 1.03 bits per heavy atom. The van der Waals surface area contributed by atoms with Gasteiger partial charge in [0.05, 0.1) is 0 Å². The van der Waals surface area contributed by atoms with Crippen LogP contribution in [0.1, 0.15) is 12.8 Å². The van der Waals surface area contributed by atoms with E-state index in [9.17, 15) is 79.4 Å². The van der Waals surface area contributed by atoms with Crippen LogP contribution in [0.25, 0.3) is 0 Å². The van der Waals surface area contributed by atoms with Crippen molar-refractivity contribution in [1.29, 1.82) is 0 Å². The van der Waals surface area contributed by atoms with Gasteiger partial charge in [0.15, 0.2) is 0 Å². The van der Waals surface area contributed by atoms with Gasteiger partial charge in [-0.1, -0.05) is 0 Å². The van der Waals surface area contributed by atoms with Crippen molar-refractivity contribution in [2.75, 3.05) is 0 Å². The molecule has 0 saturated carbocycles. The van der Waals surface area contributed by atoms with Crippen LogP contribution in [-0.4, -0.2) is 53.5 Å². The van der Waals surface area contributed by atoms with Crippen molar-refractivity contribution >= 4 is 5.91 Å². The predicted octanol–water partition coefficient (Wildman–Crippen LogP) is 5.26. The van der Waals surface area contributed by atoms with E-state index in [0.29, 0.717) is 0 Å². The van der Waals surface area contributed by atoms with Gasteiger partial charge in [-0.15, -0.1) is 0 Å². The van der Waals surface area contributed by atoms with Gasteiger partial charge in [0.2, 0.25) is 5.91 Å². The molecule has 0 radical (unpaired) electrons. The van der Waals surface area contributed by atoms with Gasteiger partial charge in [-0.25, -0.2) is 0 Å². The summed E-state index contributed by atoms with van der Waals surface area (Å²) < 4.78 is 219. The molecule has 0 rings (SSSR count). The SMILES string of the molecule is NC(=O)CCC(F)(F)C(F)(F)C(F)(F)C(F)(F)C(F)(F)C(F)(F)C(F)(F)C(F)(F)F. The average molecular weight is 491 g/mol. The standard InChI is InChI=1S/C11H6F17NO/c12-4(13,2-1-3(29)30)5(14,15)6(16,17)7(18,19)8(20,21)9(22,23)10(24,25)11(26,27)28/h1-2H2,(H2,29,30). The van der Waals surface area contributed by atoms with Crippen LogP contribution in [0.4, 0.5) is 74.6 Å². The topological polar surface area (TPSA) is 43.1 Å². The number of carbonyl (C=O) groups is 1. The summed E-state index contributed by atoms with van der Waals surface area (Å²) in [5.74, 6) is -58.6. The maximum atomic E-state index is 13.3. The Hall–Kier alpha value is -1.72. The second kappa shape index (κ2) is 7.16. The first-order chi connectivity index (χ1) is 12.7. The number of amides is 1. The zero-order valence-electron chi connectivity index (χ0n) is 13.3. The molecule has 0 aliphatic heterocycles. The van der Waals surface area contributed by atoms with Crippen LogP contribution in [0.15, 0.2) is 0 Å². The number of halogens is 17. The molecule has 0 aromatic rings. The van der Waals surface area contributed by atoms with Gasteiger partial charge < -0.3 is 5.73 Å². The second-order valence-corrected chi connectivity index (χ2v) is 5.61. The number of hydrogen-bond acceptors (Lipinski definition) is 1. The Kier molecular flexibility index (Phi) is 6.75. The average Bonchev–Trinajstić information content (AvgIpc) is 2.50. The molecule has 0 atom stereocenters. The quantitative estimate of drug-likeness (QED) is 0.440. The number of alkyl halides is 17. The number of carbonyl (C=O) groups excluding carboxylic acids is 1. The normalized spacial score (nSPS) is 16.0. The number of nitrogens with two attached hydrogens (primary N) is 1. The summed E-state index contributed by atoms with van der Waals surface area (Å²) in [6.07, 6.45) is -12.6. The Labute approximate surface area is 153 Å². The lowest BCUT2D eigenvalue weighted by atomic mass is 9.88. The van der Waals surface area contributed by atoms with Gasteiger partial charge in [-0.3, -0.25) is 4.79 Å². The predicted molar refractivity (Wildman–Crippen MR) is 59.1 cm³/mol. The minimum absolute atomic E-state index is 1.94. The highest BCUT2D eigenvalue weighted by Gasteiger charge is 2.95. The van der Waals surface area contributed by atoms with Crippen molar-refractivity contribution in [1.82, 2.24) is 0 Å². The molecular weight excluding hydrogens is 485 g/mol. The van der Waals surface area contributed by atoms with Crippen LogP contribution in [0, 0.1) is 0 Å². The Balaban J connectivity index is 6.58. The van der Waals surface area contributed by atoms with Crippen molar-refractivity contribution in [3.8, 4) is 0 Å². The fourth-order valence-electron chi connectivity index (χ4n) is 1.63. The molecule has 30 heavy (non-hydrogen) atoms. The van der Waals surface area contributed by atoms with Crippen LogP contribution in [-0.2, 0) is 4.79 Å². The maximum Gasteiger partial charge on any atom is 0.460 e. The van der Waals surface area contributed by atoms with Crippen molar-refractivity contribution in [3.63, 3.8) is 0 Å². The number of hydrogen-bond donors (Lipinski definition) is 1. The largest absolute Gasteiger partial charge is 0.460 e. The highest BCUT2D eigenvalue weighted by Crippen LogP contribution is 2.64. The van der Waals surface area contributed by atoms with Gasteiger partial charge >= 0.3 is 47.6 Å². The van der Waals surface area contributed by atoms with E-state index >= 15 is 0 Å². The van der Waals surface area contributed by atoms with E-state index in [0.717, 1.165) is 0 Å². The molecule has 0 saturated heterocycles. The van der Waals surface area contributed by atoms with Crippen LogP contribution >= 0.6 is 0 Å². The first-order valence-electron chi connectivity index (χ1n) is 6.66. The lowest BCUT2D eigenvalue weighted by Gasteiger charge is -2.42. The monoisotopic (exact) mass is 491 g/mol. The van der Waals surface area contributed by atoms with Gasteiger partial charge in [0.25, 0.3) is 0 Å². The molecule has 0 aromatic carbocycles. The third-order valence-electron chi connectivity index (χ3n) is 3.47. The summed E-state index contributed by atoms with van der Waals surface area (Å²) in [4.78, 5) is 10.2. The summed E-state index contributed by atoms with van der Waals surface area (Å²) in [6.45, 7) is 0. The van der Waals surface area contributed by atoms with Crippen molar-refractivity contribution < 1.29 is 79.4 Å². The summed E-state index contributed by atoms with van der Waals surface area (Å²) >= 11 is 0. The smallest absolute Gasteiger partial charge is 0.370 e. The Morgan fingerprint density at radius 2 is 0.767 bits per heavy atom. The van der Waals surface area contributed by atoms with Gasteiger partial charge in [0, 0.05) is 12.8 Å². The highest BCUT2D eigenvalue weighted by molar-refractivity contribution is 5.73. The summed E-state index contributed by atoms with van der Waals surface area (Å²) in [7, 11) is 0. The Morgan fingerprint density at radius 1 is 0.500 bits per heavy atom. The van der Waals surface area contributed by atoms with E-state index in [1.807, 2.05) is 0 Å². The fraction of sp³-hybridized carbons (Fsp3) is 0.909. The molecule has 2 nitrogen and oxygen atoms in total. The van der Waals surface area contributed by atoms with Gasteiger partial charge in [-0.2, -0.15) is 74.6 Å². The molecular formula is C11H6F17NO. The number of primary amides is 1. The van der Waals surface area contributed by atoms with E-state index < -0.39 is 66.4 Å². The minimum Gasteiger partial charge on any atom is -0.370 e. The molecule has 0 bridgehead atoms. The van der Waals surface area contributed by atoms with Crippen LogP contribution in [0.2, 0.25) is 0 Å². The summed E-state index contributed by atoms with van der Waals surface area (Å²) in [5.41, 5.74) is 4.19. The number of rotatable bonds is 9. The van der Waals surface area contributed by atoms with Crippen LogP contribution in [0.5, 0.6) is 0 Å². The Bertz CT molecular complexity index is 649. The van der Waals surface area contributed by atoms with Crippen molar-refractivity contribution in [3.05, 3.63) is 0 Å². The fourth-order valence-corrected chi connectivity index (χ4v) is 1.63. The maximum absolute atomic E-state index is 13.3. The summed E-state index contributed by atoms with van der Waals surface area (Å²) in [5, 5.41) is 0. The van der Waals surface area contributed by atoms with Gasteiger partial charge in [-0.05, 0) is 0 Å². The molecule has 2 N–H and O–H groups in total. The van der Waals surface area contributed by atoms with E-state index in [1.165, 1.54) is 0 Å². The molecule has 0 aliphatic carbocycles. The van der Waals surface area contributed by atoms with Gasteiger partial charge in [0.1, 0.15) is 0 Å². The molecule has 0 aromatic heterocycles. The molecule has 19 heteroatoms. The second-order valence-electron chi connectivity index (χ2n) is 5.61. The highest BCUT2D eigenvalue weighted by atomic mass is 19.4. The lowest BCUT2D eigenvalue weighted by Crippen LogP contribution is -2.74.